The Morgan fingerprint density at radius 1 is 1.15 bits per heavy atom. The van der Waals surface area contributed by atoms with Crippen molar-refractivity contribution >= 4 is 0 Å². The molecule has 0 radical (unpaired) electrons. The normalized spacial score (nSPS) is 21.3. The molecule has 0 atom stereocenters. The van der Waals surface area contributed by atoms with E-state index in [-0.39, 0.29) is 5.54 Å². The van der Waals surface area contributed by atoms with Crippen LogP contribution in [-0.2, 0) is 5.54 Å². The van der Waals surface area contributed by atoms with E-state index in [1.54, 1.807) is 18.6 Å². The fourth-order valence-electron chi connectivity index (χ4n) is 2.00. The fraction of sp³-hybridized carbons (Fsp3) is 0.600. The quantitative estimate of drug-likeness (QED) is 0.708. The predicted octanol–water partition coefficient (Wildman–Crippen LogP) is 1.59. The minimum absolute atomic E-state index is 0.202. The molecule has 1 saturated carbocycles. The molecule has 70 valence electrons. The highest BCUT2D eigenvalue weighted by atomic mass is 14.9. The first-order valence-corrected chi connectivity index (χ1v) is 4.87. The van der Waals surface area contributed by atoms with Crippen molar-refractivity contribution in [3.8, 4) is 0 Å². The van der Waals surface area contributed by atoms with Gasteiger partial charge in [0, 0.05) is 12.4 Å². The molecule has 1 heterocycles. The summed E-state index contributed by atoms with van der Waals surface area (Å²) in [7, 11) is 0. The van der Waals surface area contributed by atoms with Gasteiger partial charge in [-0.15, -0.1) is 0 Å². The van der Waals surface area contributed by atoms with Gasteiger partial charge in [-0.1, -0.05) is 19.3 Å². The topological polar surface area (TPSA) is 51.8 Å². The van der Waals surface area contributed by atoms with Crippen molar-refractivity contribution in [2.45, 2.75) is 37.6 Å². The van der Waals surface area contributed by atoms with Crippen molar-refractivity contribution in [2.24, 2.45) is 5.73 Å². The van der Waals surface area contributed by atoms with Crippen molar-refractivity contribution in [3.05, 3.63) is 24.3 Å². The van der Waals surface area contributed by atoms with E-state index >= 15 is 0 Å². The first kappa shape index (κ1) is 8.63. The number of hydrogen-bond donors (Lipinski definition) is 1. The number of hydrogen-bond acceptors (Lipinski definition) is 3. The molecule has 0 aromatic carbocycles. The van der Waals surface area contributed by atoms with E-state index in [0.29, 0.717) is 0 Å². The SMILES string of the molecule is NC1(c2cnccn2)CCCCC1. The maximum absolute atomic E-state index is 6.28. The molecule has 0 amide bonds. The highest BCUT2D eigenvalue weighted by Crippen LogP contribution is 2.32. The summed E-state index contributed by atoms with van der Waals surface area (Å²) in [5, 5.41) is 0. The van der Waals surface area contributed by atoms with Crippen LogP contribution in [-0.4, -0.2) is 9.97 Å². The molecular formula is C10H15N3. The lowest BCUT2D eigenvalue weighted by atomic mass is 9.80. The molecule has 1 fully saturated rings. The van der Waals surface area contributed by atoms with Gasteiger partial charge in [0.25, 0.3) is 0 Å². The standard InChI is InChI=1S/C10H15N3/c11-10(4-2-1-3-5-10)9-8-12-6-7-13-9/h6-8H,1-5,11H2. The van der Waals surface area contributed by atoms with Crippen molar-refractivity contribution in [1.29, 1.82) is 0 Å². The van der Waals surface area contributed by atoms with Crippen LogP contribution in [0.2, 0.25) is 0 Å². The van der Waals surface area contributed by atoms with Crippen LogP contribution in [0.3, 0.4) is 0 Å². The minimum Gasteiger partial charge on any atom is -0.320 e. The Balaban J connectivity index is 2.23. The lowest BCUT2D eigenvalue weighted by Gasteiger charge is -2.32. The maximum Gasteiger partial charge on any atom is 0.0785 e. The Bertz CT molecular complexity index is 265. The number of nitrogens with two attached hydrogens (primary N) is 1. The average molecular weight is 177 g/mol. The first-order valence-electron chi connectivity index (χ1n) is 4.87. The van der Waals surface area contributed by atoms with Crippen LogP contribution in [0.25, 0.3) is 0 Å². The molecule has 3 nitrogen and oxygen atoms in total. The average Bonchev–Trinajstić information content (AvgIpc) is 2.20. The van der Waals surface area contributed by atoms with Crippen LogP contribution in [0, 0.1) is 0 Å². The number of aromatic nitrogens is 2. The second-order valence-corrected chi connectivity index (χ2v) is 3.81. The minimum atomic E-state index is -0.202. The first-order chi connectivity index (χ1) is 6.31. The van der Waals surface area contributed by atoms with E-state index in [4.69, 9.17) is 5.73 Å². The Hall–Kier alpha value is -0.960. The van der Waals surface area contributed by atoms with Crippen LogP contribution in [0.1, 0.15) is 37.8 Å². The van der Waals surface area contributed by atoms with Crippen LogP contribution >= 0.6 is 0 Å². The maximum atomic E-state index is 6.28. The van der Waals surface area contributed by atoms with Gasteiger partial charge in [-0.2, -0.15) is 0 Å². The van der Waals surface area contributed by atoms with Crippen molar-refractivity contribution < 1.29 is 0 Å². The summed E-state index contributed by atoms with van der Waals surface area (Å²) in [5.41, 5.74) is 7.03. The molecule has 3 heteroatoms. The zero-order chi connectivity index (χ0) is 9.15. The summed E-state index contributed by atoms with van der Waals surface area (Å²) >= 11 is 0. The van der Waals surface area contributed by atoms with Gasteiger partial charge in [0.2, 0.25) is 0 Å². The zero-order valence-electron chi connectivity index (χ0n) is 7.74. The third kappa shape index (κ3) is 1.70. The van der Waals surface area contributed by atoms with Gasteiger partial charge < -0.3 is 5.73 Å². The molecule has 1 aromatic heterocycles. The second kappa shape index (κ2) is 3.42. The molecule has 0 bridgehead atoms. The summed E-state index contributed by atoms with van der Waals surface area (Å²) in [6.45, 7) is 0. The van der Waals surface area contributed by atoms with Crippen molar-refractivity contribution in [3.63, 3.8) is 0 Å². The molecule has 1 aliphatic rings. The second-order valence-electron chi connectivity index (χ2n) is 3.81. The molecule has 0 saturated heterocycles. The summed E-state index contributed by atoms with van der Waals surface area (Å²) < 4.78 is 0. The number of rotatable bonds is 1. The van der Waals surface area contributed by atoms with E-state index in [1.807, 2.05) is 0 Å². The zero-order valence-corrected chi connectivity index (χ0v) is 7.74. The van der Waals surface area contributed by atoms with Crippen LogP contribution < -0.4 is 5.73 Å². The van der Waals surface area contributed by atoms with E-state index in [2.05, 4.69) is 9.97 Å². The predicted molar refractivity (Wildman–Crippen MR) is 51.0 cm³/mol. The van der Waals surface area contributed by atoms with Gasteiger partial charge in [0.15, 0.2) is 0 Å². The smallest absolute Gasteiger partial charge is 0.0785 e. The molecule has 13 heavy (non-hydrogen) atoms. The molecule has 0 unspecified atom stereocenters. The van der Waals surface area contributed by atoms with E-state index in [0.717, 1.165) is 18.5 Å². The Morgan fingerprint density at radius 3 is 2.54 bits per heavy atom. The molecule has 0 spiro atoms. The molecule has 2 rings (SSSR count). The highest BCUT2D eigenvalue weighted by Gasteiger charge is 2.30. The summed E-state index contributed by atoms with van der Waals surface area (Å²) in [6, 6.07) is 0. The van der Waals surface area contributed by atoms with Crippen molar-refractivity contribution in [1.82, 2.24) is 9.97 Å². The summed E-state index contributed by atoms with van der Waals surface area (Å²) in [4.78, 5) is 8.35. The van der Waals surface area contributed by atoms with E-state index in [1.165, 1.54) is 19.3 Å². The lowest BCUT2D eigenvalue weighted by molar-refractivity contribution is 0.294. The number of nitrogens with zero attached hydrogens (tertiary/aromatic N) is 2. The summed E-state index contributed by atoms with van der Waals surface area (Å²) in [5.74, 6) is 0. The third-order valence-electron chi connectivity index (χ3n) is 2.82. The van der Waals surface area contributed by atoms with Crippen LogP contribution in [0.4, 0.5) is 0 Å². The Kier molecular flexibility index (Phi) is 2.27. The van der Waals surface area contributed by atoms with Gasteiger partial charge in [-0.25, -0.2) is 0 Å². The van der Waals surface area contributed by atoms with E-state index in [9.17, 15) is 0 Å². The van der Waals surface area contributed by atoms with Gasteiger partial charge in [-0.3, -0.25) is 9.97 Å². The molecule has 2 N–H and O–H groups in total. The van der Waals surface area contributed by atoms with E-state index < -0.39 is 0 Å². The molecule has 1 aliphatic carbocycles. The molecule has 0 aliphatic heterocycles. The summed E-state index contributed by atoms with van der Waals surface area (Å²) in [6.07, 6.45) is 11.0. The van der Waals surface area contributed by atoms with Gasteiger partial charge in [-0.05, 0) is 12.8 Å². The Morgan fingerprint density at radius 2 is 1.92 bits per heavy atom. The van der Waals surface area contributed by atoms with Crippen molar-refractivity contribution in [2.75, 3.05) is 0 Å². The molecular weight excluding hydrogens is 162 g/mol. The van der Waals surface area contributed by atoms with Gasteiger partial charge in [0.05, 0.1) is 17.4 Å². The van der Waals surface area contributed by atoms with Gasteiger partial charge in [0.1, 0.15) is 0 Å². The molecule has 1 aromatic rings. The van der Waals surface area contributed by atoms with Gasteiger partial charge >= 0.3 is 0 Å². The Labute approximate surface area is 78.4 Å². The monoisotopic (exact) mass is 177 g/mol. The largest absolute Gasteiger partial charge is 0.320 e. The highest BCUT2D eigenvalue weighted by molar-refractivity contribution is 5.11. The van der Waals surface area contributed by atoms with Crippen LogP contribution in [0.5, 0.6) is 0 Å². The fourth-order valence-corrected chi connectivity index (χ4v) is 2.00. The van der Waals surface area contributed by atoms with Crippen LogP contribution in [0.15, 0.2) is 18.6 Å². The lowest BCUT2D eigenvalue weighted by Crippen LogP contribution is -2.39. The third-order valence-corrected chi connectivity index (χ3v) is 2.82.